The van der Waals surface area contributed by atoms with Crippen LogP contribution in [0.15, 0.2) is 35.9 Å². The van der Waals surface area contributed by atoms with Crippen LogP contribution in [0.25, 0.3) is 0 Å². The number of hydrogen-bond donors (Lipinski definition) is 0. The lowest BCUT2D eigenvalue weighted by molar-refractivity contribution is -0.384. The fourth-order valence-corrected chi connectivity index (χ4v) is 2.89. The lowest BCUT2D eigenvalue weighted by atomic mass is 9.95. The van der Waals surface area contributed by atoms with Gasteiger partial charge in [0.25, 0.3) is 11.6 Å². The lowest BCUT2D eigenvalue weighted by Gasteiger charge is -2.42. The van der Waals surface area contributed by atoms with Crippen molar-refractivity contribution in [1.29, 1.82) is 0 Å². The second-order valence-corrected chi connectivity index (χ2v) is 6.93. The van der Waals surface area contributed by atoms with Crippen LogP contribution in [-0.2, 0) is 30.5 Å². The standard InChI is InChI=1S/C18H19ClN2O8/c1-10(2)8-14(22)29-20-16(19)15(17(20)23)11(3)28-18(24)27-9-12-4-6-13(7-5-12)21(25)26/h4-8,11,15-16H,9H2,1-3H3/t11-,15+,16-/m0/s1. The predicted octanol–water partition coefficient (Wildman–Crippen LogP) is 3.08. The molecule has 1 aliphatic rings. The van der Waals surface area contributed by atoms with Gasteiger partial charge in [-0.1, -0.05) is 17.2 Å². The second kappa shape index (κ2) is 9.37. The fourth-order valence-electron chi connectivity index (χ4n) is 2.44. The third kappa shape index (κ3) is 5.67. The van der Waals surface area contributed by atoms with E-state index in [0.717, 1.165) is 5.06 Å². The SMILES string of the molecule is CC(C)=CC(=O)ON1C(=O)[C@H]([C@H](C)OC(=O)OCc2ccc([N+](=O)[O-])cc2)[C@H]1Cl. The summed E-state index contributed by atoms with van der Waals surface area (Å²) in [5.74, 6) is -2.24. The summed E-state index contributed by atoms with van der Waals surface area (Å²) < 4.78 is 9.97. The van der Waals surface area contributed by atoms with Gasteiger partial charge in [0.1, 0.15) is 18.6 Å². The quantitative estimate of drug-likeness (QED) is 0.124. The van der Waals surface area contributed by atoms with Gasteiger partial charge in [-0.3, -0.25) is 14.9 Å². The summed E-state index contributed by atoms with van der Waals surface area (Å²) >= 11 is 6.07. The van der Waals surface area contributed by atoms with E-state index in [4.69, 9.17) is 25.9 Å². The molecule has 29 heavy (non-hydrogen) atoms. The van der Waals surface area contributed by atoms with Crippen molar-refractivity contribution in [2.24, 2.45) is 5.92 Å². The summed E-state index contributed by atoms with van der Waals surface area (Å²) in [6, 6.07) is 5.45. The van der Waals surface area contributed by atoms with Gasteiger partial charge in [0.05, 0.1) is 4.92 Å². The summed E-state index contributed by atoms with van der Waals surface area (Å²) in [4.78, 5) is 50.5. The minimum atomic E-state index is -1.03. The van der Waals surface area contributed by atoms with E-state index in [1.165, 1.54) is 37.3 Å². The number of nitro benzene ring substituents is 1. The first-order chi connectivity index (χ1) is 13.6. The maximum Gasteiger partial charge on any atom is 0.508 e. The molecule has 1 aliphatic heterocycles. The van der Waals surface area contributed by atoms with Gasteiger partial charge in [0.2, 0.25) is 0 Å². The van der Waals surface area contributed by atoms with Gasteiger partial charge < -0.3 is 14.3 Å². The number of benzene rings is 1. The number of allylic oxidation sites excluding steroid dienone is 1. The monoisotopic (exact) mass is 426 g/mol. The number of rotatable bonds is 7. The normalized spacial score (nSPS) is 18.9. The zero-order valence-corrected chi connectivity index (χ0v) is 16.6. The number of carbonyl (C=O) groups is 3. The van der Waals surface area contributed by atoms with Crippen LogP contribution in [0.3, 0.4) is 0 Å². The molecule has 0 bridgehead atoms. The Morgan fingerprint density at radius 3 is 2.45 bits per heavy atom. The molecule has 1 heterocycles. The van der Waals surface area contributed by atoms with Crippen molar-refractivity contribution in [3.8, 4) is 0 Å². The van der Waals surface area contributed by atoms with Crippen LogP contribution >= 0.6 is 11.6 Å². The number of halogens is 1. The third-order valence-corrected chi connectivity index (χ3v) is 4.36. The van der Waals surface area contributed by atoms with Crippen LogP contribution in [0.5, 0.6) is 0 Å². The van der Waals surface area contributed by atoms with Crippen LogP contribution in [0, 0.1) is 16.0 Å². The van der Waals surface area contributed by atoms with Crippen LogP contribution < -0.4 is 0 Å². The van der Waals surface area contributed by atoms with Crippen LogP contribution in [0.2, 0.25) is 0 Å². The molecular weight excluding hydrogens is 408 g/mol. The Hall–Kier alpha value is -3.14. The number of carbonyl (C=O) groups excluding carboxylic acids is 3. The highest BCUT2D eigenvalue weighted by Crippen LogP contribution is 2.34. The highest BCUT2D eigenvalue weighted by atomic mass is 35.5. The van der Waals surface area contributed by atoms with E-state index in [2.05, 4.69) is 0 Å². The minimum absolute atomic E-state index is 0.0866. The molecule has 1 aromatic rings. The number of ether oxygens (including phenoxy) is 2. The van der Waals surface area contributed by atoms with Gasteiger partial charge in [-0.15, -0.1) is 0 Å². The van der Waals surface area contributed by atoms with Gasteiger partial charge in [0, 0.05) is 18.2 Å². The number of non-ortho nitro benzene ring substituents is 1. The van der Waals surface area contributed by atoms with E-state index < -0.39 is 40.5 Å². The summed E-state index contributed by atoms with van der Waals surface area (Å²) in [5, 5.41) is 11.3. The third-order valence-electron chi connectivity index (χ3n) is 3.91. The van der Waals surface area contributed by atoms with Crippen LogP contribution in [0.4, 0.5) is 10.5 Å². The molecule has 0 N–H and O–H groups in total. The number of nitrogens with zero attached hydrogens (tertiary/aromatic N) is 2. The molecule has 0 saturated carbocycles. The van der Waals surface area contributed by atoms with Crippen molar-refractivity contribution >= 4 is 35.3 Å². The van der Waals surface area contributed by atoms with Gasteiger partial charge in [-0.05, 0) is 38.5 Å². The Bertz CT molecular complexity index is 835. The first-order valence-corrected chi connectivity index (χ1v) is 8.94. The molecule has 10 nitrogen and oxygen atoms in total. The number of hydroxylamine groups is 2. The van der Waals surface area contributed by atoms with Crippen molar-refractivity contribution in [3.05, 3.63) is 51.6 Å². The average molecular weight is 427 g/mol. The molecule has 1 fully saturated rings. The molecule has 0 radical (unpaired) electrons. The highest BCUT2D eigenvalue weighted by Gasteiger charge is 2.53. The van der Waals surface area contributed by atoms with E-state index in [1.807, 2.05) is 0 Å². The molecule has 3 atom stereocenters. The first-order valence-electron chi connectivity index (χ1n) is 8.51. The van der Waals surface area contributed by atoms with E-state index in [1.54, 1.807) is 13.8 Å². The van der Waals surface area contributed by atoms with Gasteiger partial charge in [-0.2, -0.15) is 5.06 Å². The van der Waals surface area contributed by atoms with E-state index in [0.29, 0.717) is 11.1 Å². The molecule has 156 valence electrons. The largest absolute Gasteiger partial charge is 0.508 e. The predicted molar refractivity (Wildman–Crippen MR) is 99.3 cm³/mol. The molecule has 1 amide bonds. The maximum atomic E-state index is 12.1. The number of amides is 1. The molecule has 0 aromatic heterocycles. The fraction of sp³-hybridized carbons (Fsp3) is 0.389. The Morgan fingerprint density at radius 1 is 1.31 bits per heavy atom. The molecule has 2 rings (SSSR count). The van der Waals surface area contributed by atoms with Crippen molar-refractivity contribution in [1.82, 2.24) is 5.06 Å². The smallest absolute Gasteiger partial charge is 0.430 e. The summed E-state index contributed by atoms with van der Waals surface area (Å²) in [5.41, 5.74) is 0.136. The summed E-state index contributed by atoms with van der Waals surface area (Å²) in [6.07, 6.45) is -0.750. The maximum absolute atomic E-state index is 12.1. The zero-order chi connectivity index (χ0) is 21.7. The Balaban J connectivity index is 1.82. The number of alkyl halides is 1. The minimum Gasteiger partial charge on any atom is -0.430 e. The number of hydrogen-bond acceptors (Lipinski definition) is 8. The van der Waals surface area contributed by atoms with Crippen LogP contribution in [0.1, 0.15) is 26.3 Å². The molecule has 0 aliphatic carbocycles. The summed E-state index contributed by atoms with van der Waals surface area (Å²) in [6.45, 7) is 4.68. The molecule has 0 unspecified atom stereocenters. The zero-order valence-electron chi connectivity index (χ0n) is 15.9. The Labute approximate surface area is 171 Å². The first kappa shape index (κ1) is 22.2. The van der Waals surface area contributed by atoms with Crippen molar-refractivity contribution in [2.45, 2.75) is 39.0 Å². The number of β-lactam (4-membered cyclic amide) rings is 1. The second-order valence-electron chi connectivity index (χ2n) is 6.48. The van der Waals surface area contributed by atoms with Crippen molar-refractivity contribution < 1.29 is 33.6 Å². The molecular formula is C18H19ClN2O8. The topological polar surface area (TPSA) is 125 Å². The molecule has 0 spiro atoms. The van der Waals surface area contributed by atoms with Gasteiger partial charge in [0.15, 0.2) is 5.50 Å². The number of nitro groups is 1. The summed E-state index contributed by atoms with van der Waals surface area (Å²) in [7, 11) is 0. The Morgan fingerprint density at radius 2 is 1.93 bits per heavy atom. The van der Waals surface area contributed by atoms with E-state index >= 15 is 0 Å². The van der Waals surface area contributed by atoms with Crippen LogP contribution in [-0.4, -0.2) is 39.6 Å². The van der Waals surface area contributed by atoms with Crippen molar-refractivity contribution in [2.75, 3.05) is 0 Å². The van der Waals surface area contributed by atoms with Crippen molar-refractivity contribution in [3.63, 3.8) is 0 Å². The average Bonchev–Trinajstić information content (AvgIpc) is 2.64. The highest BCUT2D eigenvalue weighted by molar-refractivity contribution is 6.25. The van der Waals surface area contributed by atoms with E-state index in [9.17, 15) is 24.5 Å². The molecule has 1 aromatic carbocycles. The molecule has 11 heteroatoms. The molecule has 1 saturated heterocycles. The van der Waals surface area contributed by atoms with Gasteiger partial charge >= 0.3 is 12.1 Å². The Kier molecular flexibility index (Phi) is 7.16. The van der Waals surface area contributed by atoms with E-state index in [-0.39, 0.29) is 12.3 Å². The van der Waals surface area contributed by atoms with Gasteiger partial charge in [-0.25, -0.2) is 9.59 Å². The lowest BCUT2D eigenvalue weighted by Crippen LogP contribution is -2.62.